The van der Waals surface area contributed by atoms with Gasteiger partial charge in [-0.15, -0.1) is 24.0 Å². The van der Waals surface area contributed by atoms with E-state index in [0.717, 1.165) is 62.4 Å². The van der Waals surface area contributed by atoms with Gasteiger partial charge >= 0.3 is 0 Å². The Balaban J connectivity index is 0.00000272. The summed E-state index contributed by atoms with van der Waals surface area (Å²) in [5.74, 6) is 3.69. The lowest BCUT2D eigenvalue weighted by molar-refractivity contribution is 0.177. The Hall–Kier alpha value is -1.95. The quantitative estimate of drug-likeness (QED) is 0.316. The lowest BCUT2D eigenvalue weighted by Gasteiger charge is -2.25. The minimum atomic E-state index is 0. The SMILES string of the molecule is CCNC(=NCc1ccnc(N2CCCC2)c1)NC1CCc2nc(COC)nn2C1.I. The minimum Gasteiger partial charge on any atom is -0.377 e. The van der Waals surface area contributed by atoms with Crippen molar-refractivity contribution in [3.05, 3.63) is 35.5 Å². The molecule has 9 nitrogen and oxygen atoms in total. The van der Waals surface area contributed by atoms with E-state index in [-0.39, 0.29) is 30.0 Å². The fraction of sp³-hybridized carbons (Fsp3) is 0.619. The van der Waals surface area contributed by atoms with Gasteiger partial charge in [0.05, 0.1) is 13.1 Å². The van der Waals surface area contributed by atoms with Crippen molar-refractivity contribution >= 4 is 35.8 Å². The summed E-state index contributed by atoms with van der Waals surface area (Å²) in [7, 11) is 1.67. The number of pyridine rings is 1. The van der Waals surface area contributed by atoms with Crippen LogP contribution in [0.5, 0.6) is 0 Å². The number of anilines is 1. The zero-order valence-corrected chi connectivity index (χ0v) is 20.7. The summed E-state index contributed by atoms with van der Waals surface area (Å²) in [6.07, 6.45) is 6.30. The second-order valence-corrected chi connectivity index (χ2v) is 7.85. The number of guanidine groups is 1. The molecule has 2 aromatic rings. The van der Waals surface area contributed by atoms with Crippen molar-refractivity contribution in [3.63, 3.8) is 0 Å². The number of nitrogens with zero attached hydrogens (tertiary/aromatic N) is 6. The topological polar surface area (TPSA) is 92.5 Å². The van der Waals surface area contributed by atoms with E-state index in [0.29, 0.717) is 13.2 Å². The van der Waals surface area contributed by atoms with Gasteiger partial charge in [0.25, 0.3) is 0 Å². The van der Waals surface area contributed by atoms with Crippen LogP contribution in [0.25, 0.3) is 0 Å². The molecule has 1 unspecified atom stereocenters. The first-order valence-corrected chi connectivity index (χ1v) is 10.9. The first-order chi connectivity index (χ1) is 14.7. The summed E-state index contributed by atoms with van der Waals surface area (Å²) < 4.78 is 7.14. The molecule has 170 valence electrons. The number of halogens is 1. The molecule has 0 saturated carbocycles. The maximum absolute atomic E-state index is 5.15. The first-order valence-electron chi connectivity index (χ1n) is 10.9. The van der Waals surface area contributed by atoms with Gasteiger partial charge in [-0.25, -0.2) is 19.6 Å². The van der Waals surface area contributed by atoms with Gasteiger partial charge in [-0.05, 0) is 43.9 Å². The maximum atomic E-state index is 5.15. The van der Waals surface area contributed by atoms with E-state index < -0.39 is 0 Å². The highest BCUT2D eigenvalue weighted by Gasteiger charge is 2.22. The summed E-state index contributed by atoms with van der Waals surface area (Å²) in [5.41, 5.74) is 1.18. The average Bonchev–Trinajstić information content (AvgIpc) is 3.42. The highest BCUT2D eigenvalue weighted by atomic mass is 127. The number of rotatable bonds is 7. The summed E-state index contributed by atoms with van der Waals surface area (Å²) >= 11 is 0. The van der Waals surface area contributed by atoms with Crippen LogP contribution in [-0.2, 0) is 30.9 Å². The summed E-state index contributed by atoms with van der Waals surface area (Å²) in [6.45, 7) is 6.96. The molecule has 4 heterocycles. The predicted octanol–water partition coefficient (Wildman–Crippen LogP) is 2.11. The van der Waals surface area contributed by atoms with Crippen LogP contribution in [0, 0.1) is 0 Å². The van der Waals surface area contributed by atoms with Crippen LogP contribution in [0.2, 0.25) is 0 Å². The zero-order valence-electron chi connectivity index (χ0n) is 18.4. The number of ether oxygens (including phenoxy) is 1. The van der Waals surface area contributed by atoms with E-state index >= 15 is 0 Å². The molecule has 10 heteroatoms. The second-order valence-electron chi connectivity index (χ2n) is 7.85. The Kier molecular flexibility index (Phi) is 8.88. The molecule has 2 aliphatic rings. The normalized spacial score (nSPS) is 18.5. The van der Waals surface area contributed by atoms with E-state index in [1.165, 1.54) is 18.4 Å². The van der Waals surface area contributed by atoms with Crippen LogP contribution in [0.3, 0.4) is 0 Å². The first kappa shape index (κ1) is 23.7. The van der Waals surface area contributed by atoms with Crippen LogP contribution in [0.4, 0.5) is 5.82 Å². The zero-order chi connectivity index (χ0) is 20.8. The van der Waals surface area contributed by atoms with E-state index in [2.05, 4.69) is 43.6 Å². The molecule has 2 N–H and O–H groups in total. The van der Waals surface area contributed by atoms with Crippen LogP contribution in [0.15, 0.2) is 23.3 Å². The van der Waals surface area contributed by atoms with Gasteiger partial charge in [0, 0.05) is 45.4 Å². The number of aromatic nitrogens is 4. The molecule has 1 saturated heterocycles. The molecule has 0 spiro atoms. The van der Waals surface area contributed by atoms with Crippen LogP contribution in [0.1, 0.15) is 43.4 Å². The fourth-order valence-corrected chi connectivity index (χ4v) is 4.03. The molecule has 0 bridgehead atoms. The molecular formula is C21H33IN8O. The molecule has 0 aromatic carbocycles. The van der Waals surface area contributed by atoms with Crippen molar-refractivity contribution in [3.8, 4) is 0 Å². The highest BCUT2D eigenvalue weighted by Crippen LogP contribution is 2.19. The molecule has 0 radical (unpaired) electrons. The Labute approximate surface area is 201 Å². The van der Waals surface area contributed by atoms with Crippen molar-refractivity contribution in [2.24, 2.45) is 4.99 Å². The average molecular weight is 540 g/mol. The largest absolute Gasteiger partial charge is 0.377 e. The third-order valence-electron chi connectivity index (χ3n) is 5.52. The molecule has 1 atom stereocenters. The number of aliphatic imine (C=N–C) groups is 1. The van der Waals surface area contributed by atoms with Crippen molar-refractivity contribution in [2.75, 3.05) is 31.6 Å². The monoisotopic (exact) mass is 540 g/mol. The number of aryl methyl sites for hydroxylation is 1. The summed E-state index contributed by atoms with van der Waals surface area (Å²) in [6, 6.07) is 4.48. The van der Waals surface area contributed by atoms with Crippen molar-refractivity contribution in [1.29, 1.82) is 0 Å². The molecule has 2 aromatic heterocycles. The van der Waals surface area contributed by atoms with Gasteiger partial charge in [0.15, 0.2) is 11.8 Å². The summed E-state index contributed by atoms with van der Waals surface area (Å²) in [5, 5.41) is 11.5. The van der Waals surface area contributed by atoms with E-state index in [4.69, 9.17) is 9.73 Å². The van der Waals surface area contributed by atoms with Gasteiger partial charge in [-0.2, -0.15) is 5.10 Å². The summed E-state index contributed by atoms with van der Waals surface area (Å²) in [4.78, 5) is 16.3. The minimum absolute atomic E-state index is 0. The van der Waals surface area contributed by atoms with Gasteiger partial charge < -0.3 is 20.3 Å². The molecule has 0 aliphatic carbocycles. The van der Waals surface area contributed by atoms with Crippen molar-refractivity contribution in [1.82, 2.24) is 30.4 Å². The van der Waals surface area contributed by atoms with Gasteiger partial charge in [0.2, 0.25) is 0 Å². The van der Waals surface area contributed by atoms with Crippen LogP contribution >= 0.6 is 24.0 Å². The van der Waals surface area contributed by atoms with Crippen LogP contribution < -0.4 is 15.5 Å². The third kappa shape index (κ3) is 6.28. The van der Waals surface area contributed by atoms with E-state index in [9.17, 15) is 0 Å². The molecule has 31 heavy (non-hydrogen) atoms. The van der Waals surface area contributed by atoms with Crippen molar-refractivity contribution < 1.29 is 4.74 Å². The second kappa shape index (κ2) is 11.6. The van der Waals surface area contributed by atoms with E-state index in [1.807, 2.05) is 16.9 Å². The van der Waals surface area contributed by atoms with E-state index in [1.54, 1.807) is 7.11 Å². The Morgan fingerprint density at radius 1 is 1.32 bits per heavy atom. The lowest BCUT2D eigenvalue weighted by atomic mass is 10.1. The number of hydrogen-bond acceptors (Lipinski definition) is 6. The Morgan fingerprint density at radius 2 is 2.16 bits per heavy atom. The van der Waals surface area contributed by atoms with Crippen LogP contribution in [-0.4, -0.2) is 58.5 Å². The number of fused-ring (bicyclic) bond motifs is 1. The molecule has 0 amide bonds. The highest BCUT2D eigenvalue weighted by molar-refractivity contribution is 14.0. The smallest absolute Gasteiger partial charge is 0.191 e. The fourth-order valence-electron chi connectivity index (χ4n) is 4.03. The molecule has 2 aliphatic heterocycles. The van der Waals surface area contributed by atoms with Gasteiger partial charge in [0.1, 0.15) is 18.2 Å². The number of methoxy groups -OCH3 is 1. The molecular weight excluding hydrogens is 507 g/mol. The van der Waals surface area contributed by atoms with Gasteiger partial charge in [-0.1, -0.05) is 0 Å². The molecule has 4 rings (SSSR count). The number of hydrogen-bond donors (Lipinski definition) is 2. The maximum Gasteiger partial charge on any atom is 0.191 e. The Morgan fingerprint density at radius 3 is 2.94 bits per heavy atom. The lowest BCUT2D eigenvalue weighted by Crippen LogP contribution is -2.47. The third-order valence-corrected chi connectivity index (χ3v) is 5.52. The van der Waals surface area contributed by atoms with Crippen molar-refractivity contribution in [2.45, 2.75) is 58.3 Å². The number of nitrogens with one attached hydrogen (secondary N) is 2. The standard InChI is InChI=1S/C21H32N8O.HI/c1-3-22-21(24-13-16-8-9-23-20(12-16)28-10-4-5-11-28)25-17-6-7-19-26-18(15-30-2)27-29(19)14-17;/h8-9,12,17H,3-7,10-11,13-15H2,1-2H3,(H2,22,24,25);1H. The Bertz CT molecular complexity index is 865. The molecule has 1 fully saturated rings. The van der Waals surface area contributed by atoms with Gasteiger partial charge in [-0.3, -0.25) is 0 Å². The predicted molar refractivity (Wildman–Crippen MR) is 132 cm³/mol.